The van der Waals surface area contributed by atoms with Crippen LogP contribution >= 0.6 is 0 Å². The summed E-state index contributed by atoms with van der Waals surface area (Å²) in [5, 5.41) is 3.02. The highest BCUT2D eigenvalue weighted by molar-refractivity contribution is 5.79. The van der Waals surface area contributed by atoms with Crippen LogP contribution in [0.5, 0.6) is 5.75 Å². The molecule has 1 fully saturated rings. The first-order chi connectivity index (χ1) is 13.2. The van der Waals surface area contributed by atoms with Gasteiger partial charge in [0.2, 0.25) is 5.91 Å². The molecule has 0 unspecified atom stereocenters. The topological polar surface area (TPSA) is 50.8 Å². The van der Waals surface area contributed by atoms with Gasteiger partial charge >= 0.3 is 0 Å². The molecule has 1 N–H and O–H groups in total. The van der Waals surface area contributed by atoms with Gasteiger partial charge in [0, 0.05) is 38.3 Å². The zero-order valence-corrected chi connectivity index (χ0v) is 15.9. The number of carbonyl (C=O) groups is 1. The predicted octanol–water partition coefficient (Wildman–Crippen LogP) is 2.65. The monoisotopic (exact) mass is 368 g/mol. The third-order valence-corrected chi connectivity index (χ3v) is 4.75. The molecule has 0 spiro atoms. The van der Waals surface area contributed by atoms with Crippen molar-refractivity contribution in [2.45, 2.75) is 25.5 Å². The normalized spacial score (nSPS) is 17.9. The van der Waals surface area contributed by atoms with Gasteiger partial charge in [-0.1, -0.05) is 48.5 Å². The van der Waals surface area contributed by atoms with Crippen LogP contribution < -0.4 is 10.1 Å². The summed E-state index contributed by atoms with van der Waals surface area (Å²) in [7, 11) is 1.62. The number of benzene rings is 2. The van der Waals surface area contributed by atoms with E-state index in [4.69, 9.17) is 9.47 Å². The molecule has 1 aliphatic heterocycles. The maximum absolute atomic E-state index is 12.3. The van der Waals surface area contributed by atoms with E-state index in [1.807, 2.05) is 30.3 Å². The molecular weight excluding hydrogens is 340 g/mol. The van der Waals surface area contributed by atoms with Crippen molar-refractivity contribution in [2.24, 2.45) is 0 Å². The zero-order valence-electron chi connectivity index (χ0n) is 15.9. The number of para-hydroxylation sites is 1. The van der Waals surface area contributed by atoms with Gasteiger partial charge in [-0.25, -0.2) is 0 Å². The van der Waals surface area contributed by atoms with Gasteiger partial charge in [0.25, 0.3) is 0 Å². The molecule has 27 heavy (non-hydrogen) atoms. The third kappa shape index (κ3) is 6.08. The van der Waals surface area contributed by atoms with E-state index in [1.54, 1.807) is 7.11 Å². The van der Waals surface area contributed by atoms with Crippen molar-refractivity contribution in [1.29, 1.82) is 0 Å². The molecule has 0 radical (unpaired) electrons. The molecule has 0 aromatic heterocycles. The Morgan fingerprint density at radius 1 is 1.19 bits per heavy atom. The summed E-state index contributed by atoms with van der Waals surface area (Å²) < 4.78 is 11.3. The summed E-state index contributed by atoms with van der Waals surface area (Å²) in [4.78, 5) is 14.7. The Kier molecular flexibility index (Phi) is 7.25. The fraction of sp³-hybridized carbons (Fsp3) is 0.409. The number of amides is 1. The van der Waals surface area contributed by atoms with E-state index in [2.05, 4.69) is 34.5 Å². The summed E-state index contributed by atoms with van der Waals surface area (Å²) in [6.45, 7) is 4.01. The maximum Gasteiger partial charge on any atom is 0.224 e. The summed E-state index contributed by atoms with van der Waals surface area (Å²) in [6, 6.07) is 18.1. The van der Waals surface area contributed by atoms with E-state index < -0.39 is 0 Å². The SMILES string of the molecule is COc1ccccc1CC(=O)NC[C@@H]1CN(Cc2ccccc2)CCCO1. The molecule has 1 amide bonds. The molecule has 0 bridgehead atoms. The van der Waals surface area contributed by atoms with E-state index in [1.165, 1.54) is 5.56 Å². The highest BCUT2D eigenvalue weighted by Crippen LogP contribution is 2.17. The maximum atomic E-state index is 12.3. The van der Waals surface area contributed by atoms with Gasteiger partial charge in [-0.05, 0) is 18.1 Å². The molecule has 144 valence electrons. The van der Waals surface area contributed by atoms with E-state index in [9.17, 15) is 4.79 Å². The molecular formula is C22H28N2O3. The second kappa shape index (κ2) is 10.1. The number of nitrogens with one attached hydrogen (secondary N) is 1. The summed E-state index contributed by atoms with van der Waals surface area (Å²) in [5.74, 6) is 0.731. The van der Waals surface area contributed by atoms with Crippen LogP contribution in [0, 0.1) is 0 Å². The lowest BCUT2D eigenvalue weighted by atomic mass is 10.1. The van der Waals surface area contributed by atoms with E-state index in [-0.39, 0.29) is 12.0 Å². The number of hydrogen-bond acceptors (Lipinski definition) is 4. The molecule has 3 rings (SSSR count). The second-order valence-corrected chi connectivity index (χ2v) is 6.86. The Morgan fingerprint density at radius 2 is 1.96 bits per heavy atom. The summed E-state index contributed by atoms with van der Waals surface area (Å²) in [6.07, 6.45) is 1.33. The van der Waals surface area contributed by atoms with Gasteiger partial charge in [-0.15, -0.1) is 0 Å². The number of carbonyl (C=O) groups excluding carboxylic acids is 1. The Labute approximate surface area is 161 Å². The van der Waals surface area contributed by atoms with Crippen molar-refractivity contribution in [3.63, 3.8) is 0 Å². The Bertz CT molecular complexity index is 721. The summed E-state index contributed by atoms with van der Waals surface area (Å²) in [5.41, 5.74) is 2.20. The highest BCUT2D eigenvalue weighted by atomic mass is 16.5. The van der Waals surface area contributed by atoms with Gasteiger partial charge in [0.1, 0.15) is 5.75 Å². The molecule has 1 aliphatic rings. The van der Waals surface area contributed by atoms with Crippen LogP contribution in [0.15, 0.2) is 54.6 Å². The minimum atomic E-state index is -0.0121. The highest BCUT2D eigenvalue weighted by Gasteiger charge is 2.20. The minimum Gasteiger partial charge on any atom is -0.496 e. The van der Waals surface area contributed by atoms with Crippen molar-refractivity contribution < 1.29 is 14.3 Å². The van der Waals surface area contributed by atoms with E-state index in [0.29, 0.717) is 13.0 Å². The molecule has 0 saturated carbocycles. The zero-order chi connectivity index (χ0) is 18.9. The average Bonchev–Trinajstić information content (AvgIpc) is 2.92. The minimum absolute atomic E-state index is 0.0119. The quantitative estimate of drug-likeness (QED) is 0.816. The standard InChI is InChI=1S/C22H28N2O3/c1-26-21-11-6-5-10-19(21)14-22(25)23-15-20-17-24(12-7-13-27-20)16-18-8-3-2-4-9-18/h2-6,8-11,20H,7,12-17H2,1H3,(H,23,25)/t20-/m1/s1. The number of rotatable bonds is 7. The lowest BCUT2D eigenvalue weighted by Crippen LogP contribution is -2.40. The number of methoxy groups -OCH3 is 1. The second-order valence-electron chi connectivity index (χ2n) is 6.86. The first-order valence-electron chi connectivity index (χ1n) is 9.51. The first-order valence-corrected chi connectivity index (χ1v) is 9.51. The first kappa shape index (κ1) is 19.4. The molecule has 1 atom stereocenters. The van der Waals surface area contributed by atoms with Crippen LogP contribution in [0.1, 0.15) is 17.5 Å². The van der Waals surface area contributed by atoms with E-state index in [0.717, 1.165) is 44.0 Å². The van der Waals surface area contributed by atoms with E-state index >= 15 is 0 Å². The molecule has 5 nitrogen and oxygen atoms in total. The number of ether oxygens (including phenoxy) is 2. The number of hydrogen-bond donors (Lipinski definition) is 1. The largest absolute Gasteiger partial charge is 0.496 e. The van der Waals surface area contributed by atoms with Crippen LogP contribution in [-0.2, 0) is 22.5 Å². The molecule has 0 aliphatic carbocycles. The lowest BCUT2D eigenvalue weighted by Gasteiger charge is -2.24. The van der Waals surface area contributed by atoms with Crippen LogP contribution in [-0.4, -0.2) is 50.3 Å². The van der Waals surface area contributed by atoms with Crippen molar-refractivity contribution in [2.75, 3.05) is 33.4 Å². The van der Waals surface area contributed by atoms with Gasteiger partial charge in [0.05, 0.1) is 19.6 Å². The molecule has 1 saturated heterocycles. The number of nitrogens with zero attached hydrogens (tertiary/aromatic N) is 1. The van der Waals surface area contributed by atoms with Crippen molar-refractivity contribution in [3.8, 4) is 5.75 Å². The summed E-state index contributed by atoms with van der Waals surface area (Å²) >= 11 is 0. The predicted molar refractivity (Wildman–Crippen MR) is 106 cm³/mol. The van der Waals surface area contributed by atoms with Crippen molar-refractivity contribution in [1.82, 2.24) is 10.2 Å². The fourth-order valence-corrected chi connectivity index (χ4v) is 3.39. The Balaban J connectivity index is 1.49. The Morgan fingerprint density at radius 3 is 2.78 bits per heavy atom. The molecule has 1 heterocycles. The third-order valence-electron chi connectivity index (χ3n) is 4.75. The fourth-order valence-electron chi connectivity index (χ4n) is 3.39. The van der Waals surface area contributed by atoms with Crippen LogP contribution in [0.4, 0.5) is 0 Å². The average molecular weight is 368 g/mol. The molecule has 5 heteroatoms. The molecule has 2 aromatic rings. The van der Waals surface area contributed by atoms with Crippen LogP contribution in [0.2, 0.25) is 0 Å². The smallest absolute Gasteiger partial charge is 0.224 e. The van der Waals surface area contributed by atoms with Crippen molar-refractivity contribution >= 4 is 5.91 Å². The van der Waals surface area contributed by atoms with Crippen LogP contribution in [0.25, 0.3) is 0 Å². The van der Waals surface area contributed by atoms with Gasteiger partial charge in [-0.3, -0.25) is 9.69 Å². The lowest BCUT2D eigenvalue weighted by molar-refractivity contribution is -0.121. The van der Waals surface area contributed by atoms with Gasteiger partial charge in [-0.2, -0.15) is 0 Å². The molecule has 2 aromatic carbocycles. The van der Waals surface area contributed by atoms with Crippen LogP contribution in [0.3, 0.4) is 0 Å². The van der Waals surface area contributed by atoms with Gasteiger partial charge < -0.3 is 14.8 Å². The van der Waals surface area contributed by atoms with Gasteiger partial charge in [0.15, 0.2) is 0 Å². The van der Waals surface area contributed by atoms with Crippen molar-refractivity contribution in [3.05, 3.63) is 65.7 Å². The Hall–Kier alpha value is -2.37.